The first-order valence-corrected chi connectivity index (χ1v) is 7.08. The maximum absolute atomic E-state index is 12.0. The Morgan fingerprint density at radius 2 is 1.84 bits per heavy atom. The van der Waals surface area contributed by atoms with E-state index in [1.165, 1.54) is 11.1 Å². The van der Waals surface area contributed by atoms with Gasteiger partial charge in [0, 0.05) is 20.0 Å². The average Bonchev–Trinajstić information content (AvgIpc) is 2.41. The van der Waals surface area contributed by atoms with Gasteiger partial charge in [0.05, 0.1) is 0 Å². The lowest BCUT2D eigenvalue weighted by Gasteiger charge is -2.19. The summed E-state index contributed by atoms with van der Waals surface area (Å²) in [6.07, 6.45) is 2.80. The van der Waals surface area contributed by atoms with E-state index in [1.807, 2.05) is 14.0 Å². The van der Waals surface area contributed by atoms with Crippen molar-refractivity contribution in [2.75, 3.05) is 13.6 Å². The van der Waals surface area contributed by atoms with Gasteiger partial charge in [-0.2, -0.15) is 0 Å². The monoisotopic (exact) mass is 262 g/mol. The van der Waals surface area contributed by atoms with Crippen LogP contribution in [-0.2, 0) is 17.8 Å². The Bertz CT molecular complexity index is 386. The second kappa shape index (κ2) is 7.95. The van der Waals surface area contributed by atoms with Crippen LogP contribution < -0.4 is 5.73 Å². The summed E-state index contributed by atoms with van der Waals surface area (Å²) in [4.78, 5) is 13.7. The first-order chi connectivity index (χ1) is 9.06. The predicted molar refractivity (Wildman–Crippen MR) is 79.7 cm³/mol. The molecule has 0 aliphatic rings. The third-order valence-corrected chi connectivity index (χ3v) is 3.33. The lowest BCUT2D eigenvalue weighted by atomic mass is 10.1. The fraction of sp³-hybridized carbons (Fsp3) is 0.562. The Morgan fingerprint density at radius 1 is 1.26 bits per heavy atom. The molecule has 1 atom stereocenters. The third kappa shape index (κ3) is 5.43. The van der Waals surface area contributed by atoms with Crippen LogP contribution in [0.25, 0.3) is 0 Å². The molecule has 0 aromatic heterocycles. The van der Waals surface area contributed by atoms with Crippen molar-refractivity contribution in [3.05, 3.63) is 35.4 Å². The number of hydrogen-bond donors (Lipinski definition) is 1. The molecule has 0 spiro atoms. The molecule has 0 aliphatic carbocycles. The Hall–Kier alpha value is -1.35. The number of carbonyl (C=O) groups is 1. The standard InChI is InChI=1S/C16H26N2O/c1-4-5-14-6-8-15(9-7-14)12-18(3)16(19)10-13(2)11-17/h6-9,13H,4-5,10-12,17H2,1-3H3. The molecule has 0 aliphatic heterocycles. The molecule has 0 bridgehead atoms. The molecule has 1 amide bonds. The first-order valence-electron chi connectivity index (χ1n) is 7.08. The van der Waals surface area contributed by atoms with Crippen molar-refractivity contribution in [3.8, 4) is 0 Å². The number of carbonyl (C=O) groups excluding carboxylic acids is 1. The summed E-state index contributed by atoms with van der Waals surface area (Å²) in [7, 11) is 1.85. The van der Waals surface area contributed by atoms with Gasteiger partial charge in [0.15, 0.2) is 0 Å². The zero-order valence-electron chi connectivity index (χ0n) is 12.4. The molecule has 1 rings (SSSR count). The maximum Gasteiger partial charge on any atom is 0.222 e. The van der Waals surface area contributed by atoms with E-state index in [9.17, 15) is 4.79 Å². The molecule has 19 heavy (non-hydrogen) atoms. The van der Waals surface area contributed by atoms with Crippen molar-refractivity contribution in [1.29, 1.82) is 0 Å². The number of aryl methyl sites for hydroxylation is 1. The summed E-state index contributed by atoms with van der Waals surface area (Å²) < 4.78 is 0. The molecule has 0 radical (unpaired) electrons. The Labute approximate surface area is 116 Å². The van der Waals surface area contributed by atoms with Gasteiger partial charge in [-0.1, -0.05) is 44.5 Å². The molecule has 1 aromatic rings. The lowest BCUT2D eigenvalue weighted by molar-refractivity contribution is -0.131. The van der Waals surface area contributed by atoms with Gasteiger partial charge in [0.25, 0.3) is 0 Å². The van der Waals surface area contributed by atoms with E-state index in [0.717, 1.165) is 12.8 Å². The summed E-state index contributed by atoms with van der Waals surface area (Å²) in [5.41, 5.74) is 8.08. The average molecular weight is 262 g/mol. The summed E-state index contributed by atoms with van der Waals surface area (Å²) >= 11 is 0. The van der Waals surface area contributed by atoms with Crippen LogP contribution in [0.2, 0.25) is 0 Å². The second-order valence-corrected chi connectivity index (χ2v) is 5.36. The SMILES string of the molecule is CCCc1ccc(CN(C)C(=O)CC(C)CN)cc1. The van der Waals surface area contributed by atoms with E-state index in [2.05, 4.69) is 31.2 Å². The molecule has 1 aromatic carbocycles. The molecule has 106 valence electrons. The van der Waals surface area contributed by atoms with E-state index >= 15 is 0 Å². The van der Waals surface area contributed by atoms with Crippen molar-refractivity contribution in [2.45, 2.75) is 39.7 Å². The fourth-order valence-electron chi connectivity index (χ4n) is 2.00. The largest absolute Gasteiger partial charge is 0.341 e. The molecule has 0 saturated heterocycles. The number of nitrogens with zero attached hydrogens (tertiary/aromatic N) is 1. The van der Waals surface area contributed by atoms with Crippen LogP contribution in [0.5, 0.6) is 0 Å². The Morgan fingerprint density at radius 3 is 2.37 bits per heavy atom. The second-order valence-electron chi connectivity index (χ2n) is 5.36. The number of benzene rings is 1. The highest BCUT2D eigenvalue weighted by molar-refractivity contribution is 5.76. The molecule has 3 heteroatoms. The maximum atomic E-state index is 12.0. The van der Waals surface area contributed by atoms with E-state index < -0.39 is 0 Å². The Kier molecular flexibility index (Phi) is 6.57. The molecule has 1 unspecified atom stereocenters. The minimum absolute atomic E-state index is 0.163. The smallest absolute Gasteiger partial charge is 0.222 e. The fourth-order valence-corrected chi connectivity index (χ4v) is 2.00. The first kappa shape index (κ1) is 15.7. The van der Waals surface area contributed by atoms with Crippen LogP contribution >= 0.6 is 0 Å². The molecule has 0 heterocycles. The zero-order valence-corrected chi connectivity index (χ0v) is 12.4. The van der Waals surface area contributed by atoms with Crippen molar-refractivity contribution in [2.24, 2.45) is 11.7 Å². The van der Waals surface area contributed by atoms with Crippen LogP contribution in [0.3, 0.4) is 0 Å². The number of amides is 1. The highest BCUT2D eigenvalue weighted by Gasteiger charge is 2.12. The van der Waals surface area contributed by atoms with Crippen LogP contribution in [0.15, 0.2) is 24.3 Å². The number of nitrogens with two attached hydrogens (primary N) is 1. The summed E-state index contributed by atoms with van der Waals surface area (Å²) in [5, 5.41) is 0. The van der Waals surface area contributed by atoms with Gasteiger partial charge < -0.3 is 10.6 Å². The minimum Gasteiger partial charge on any atom is -0.341 e. The van der Waals surface area contributed by atoms with Gasteiger partial charge >= 0.3 is 0 Å². The van der Waals surface area contributed by atoms with Crippen LogP contribution in [0, 0.1) is 5.92 Å². The van der Waals surface area contributed by atoms with Crippen molar-refractivity contribution < 1.29 is 4.79 Å². The van der Waals surface area contributed by atoms with Crippen LogP contribution in [-0.4, -0.2) is 24.4 Å². The summed E-state index contributed by atoms with van der Waals surface area (Å²) in [5.74, 6) is 0.414. The van der Waals surface area contributed by atoms with Gasteiger partial charge in [-0.25, -0.2) is 0 Å². The van der Waals surface area contributed by atoms with Crippen molar-refractivity contribution >= 4 is 5.91 Å². The predicted octanol–water partition coefficient (Wildman–Crippen LogP) is 2.58. The molecule has 3 nitrogen and oxygen atoms in total. The normalized spacial score (nSPS) is 12.2. The molecular weight excluding hydrogens is 236 g/mol. The number of hydrogen-bond acceptors (Lipinski definition) is 2. The van der Waals surface area contributed by atoms with Crippen molar-refractivity contribution in [3.63, 3.8) is 0 Å². The molecular formula is C16H26N2O. The third-order valence-electron chi connectivity index (χ3n) is 3.33. The highest BCUT2D eigenvalue weighted by Crippen LogP contribution is 2.10. The topological polar surface area (TPSA) is 46.3 Å². The minimum atomic E-state index is 0.163. The highest BCUT2D eigenvalue weighted by atomic mass is 16.2. The van der Waals surface area contributed by atoms with E-state index in [0.29, 0.717) is 19.5 Å². The summed E-state index contributed by atoms with van der Waals surface area (Å²) in [6.45, 7) is 5.41. The van der Waals surface area contributed by atoms with Gasteiger partial charge in [0.2, 0.25) is 5.91 Å². The van der Waals surface area contributed by atoms with E-state index in [4.69, 9.17) is 5.73 Å². The summed E-state index contributed by atoms with van der Waals surface area (Å²) in [6, 6.07) is 8.53. The van der Waals surface area contributed by atoms with Crippen LogP contribution in [0.4, 0.5) is 0 Å². The van der Waals surface area contributed by atoms with Gasteiger partial charge in [-0.3, -0.25) is 4.79 Å². The number of rotatable bonds is 7. The van der Waals surface area contributed by atoms with Gasteiger partial charge in [-0.15, -0.1) is 0 Å². The van der Waals surface area contributed by atoms with E-state index in [-0.39, 0.29) is 11.8 Å². The quantitative estimate of drug-likeness (QED) is 0.821. The molecule has 0 fully saturated rings. The molecule has 2 N–H and O–H groups in total. The van der Waals surface area contributed by atoms with Crippen LogP contribution in [0.1, 0.15) is 37.8 Å². The zero-order chi connectivity index (χ0) is 14.3. The lowest BCUT2D eigenvalue weighted by Crippen LogP contribution is -2.29. The van der Waals surface area contributed by atoms with Gasteiger partial charge in [-0.05, 0) is 30.0 Å². The van der Waals surface area contributed by atoms with E-state index in [1.54, 1.807) is 4.90 Å². The van der Waals surface area contributed by atoms with Crippen molar-refractivity contribution in [1.82, 2.24) is 4.90 Å². The van der Waals surface area contributed by atoms with Gasteiger partial charge in [0.1, 0.15) is 0 Å². The Balaban J connectivity index is 2.51. The molecule has 0 saturated carbocycles.